The van der Waals surface area contributed by atoms with E-state index < -0.39 is 6.03 Å². The van der Waals surface area contributed by atoms with Gasteiger partial charge in [-0.25, -0.2) is 14.5 Å². The fraction of sp³-hybridized carbons (Fsp3) is 0.500. The van der Waals surface area contributed by atoms with Crippen LogP contribution in [0.5, 0.6) is 0 Å². The largest absolute Gasteiger partial charge is 0.355 e. The van der Waals surface area contributed by atoms with Crippen molar-refractivity contribution < 1.29 is 9.59 Å². The third-order valence-corrected chi connectivity index (χ3v) is 4.24. The molecule has 0 aliphatic carbocycles. The number of imide groups is 1. The van der Waals surface area contributed by atoms with Crippen LogP contribution < -0.4 is 15.5 Å². The summed E-state index contributed by atoms with van der Waals surface area (Å²) >= 11 is 0. The summed E-state index contributed by atoms with van der Waals surface area (Å²) in [6.45, 7) is 2.98. The van der Waals surface area contributed by atoms with Crippen LogP contribution in [0, 0.1) is 0 Å². The van der Waals surface area contributed by atoms with E-state index in [1.807, 2.05) is 12.1 Å². The van der Waals surface area contributed by atoms with E-state index in [9.17, 15) is 9.59 Å². The molecule has 2 aliphatic heterocycles. The fourth-order valence-electron chi connectivity index (χ4n) is 2.96. The van der Waals surface area contributed by atoms with Crippen molar-refractivity contribution in [3.63, 3.8) is 0 Å². The van der Waals surface area contributed by atoms with Crippen molar-refractivity contribution in [3.05, 3.63) is 18.0 Å². The number of hydrogen-bond acceptors (Lipinski definition) is 6. The highest BCUT2D eigenvalue weighted by atomic mass is 16.2. The first kappa shape index (κ1) is 14.7. The van der Waals surface area contributed by atoms with Crippen LogP contribution in [0.1, 0.15) is 18.7 Å². The molecule has 126 valence electrons. The third-order valence-electron chi connectivity index (χ3n) is 4.24. The van der Waals surface area contributed by atoms with E-state index in [1.54, 1.807) is 4.52 Å². The van der Waals surface area contributed by atoms with E-state index in [2.05, 4.69) is 30.8 Å². The quantitative estimate of drug-likeness (QED) is 0.817. The number of rotatable bonds is 3. The highest BCUT2D eigenvalue weighted by Gasteiger charge is 2.26. The van der Waals surface area contributed by atoms with Gasteiger partial charge >= 0.3 is 12.1 Å². The summed E-state index contributed by atoms with van der Waals surface area (Å²) in [6, 6.07) is 2.98. The summed E-state index contributed by atoms with van der Waals surface area (Å²) in [5.74, 6) is 1.41. The number of anilines is 1. The van der Waals surface area contributed by atoms with E-state index in [-0.39, 0.29) is 12.6 Å². The van der Waals surface area contributed by atoms with Gasteiger partial charge in [0.2, 0.25) is 0 Å². The maximum atomic E-state index is 12.0. The molecule has 0 unspecified atom stereocenters. The molecule has 4 amide bonds. The minimum absolute atomic E-state index is 0.153. The van der Waals surface area contributed by atoms with Crippen LogP contribution in [0.3, 0.4) is 0 Å². The third kappa shape index (κ3) is 2.59. The van der Waals surface area contributed by atoms with Crippen LogP contribution in [-0.4, -0.2) is 63.0 Å². The molecule has 2 saturated heterocycles. The van der Waals surface area contributed by atoms with Crippen LogP contribution in [0.25, 0.3) is 5.65 Å². The Kier molecular flexibility index (Phi) is 3.63. The molecule has 2 aromatic heterocycles. The first-order valence-electron chi connectivity index (χ1n) is 8.02. The van der Waals surface area contributed by atoms with Crippen molar-refractivity contribution in [3.8, 4) is 0 Å². The van der Waals surface area contributed by atoms with Crippen molar-refractivity contribution in [1.29, 1.82) is 0 Å². The zero-order valence-electron chi connectivity index (χ0n) is 13.1. The molecule has 2 N–H and O–H groups in total. The molecule has 0 radical (unpaired) electrons. The van der Waals surface area contributed by atoms with Crippen molar-refractivity contribution in [2.75, 3.05) is 31.1 Å². The van der Waals surface area contributed by atoms with E-state index in [0.717, 1.165) is 23.8 Å². The van der Waals surface area contributed by atoms with Gasteiger partial charge < -0.3 is 15.5 Å². The van der Waals surface area contributed by atoms with Gasteiger partial charge in [-0.1, -0.05) is 0 Å². The Bertz CT molecular complexity index is 782. The molecule has 0 aromatic carbocycles. The number of nitrogens with zero attached hydrogens (tertiary/aromatic N) is 6. The Morgan fingerprint density at radius 3 is 2.79 bits per heavy atom. The number of urea groups is 2. The number of aromatic nitrogens is 4. The number of hydrogen-bond donors (Lipinski definition) is 2. The van der Waals surface area contributed by atoms with Gasteiger partial charge in [0.05, 0.1) is 6.54 Å². The molecule has 0 bridgehead atoms. The Hall–Kier alpha value is -2.91. The van der Waals surface area contributed by atoms with Crippen LogP contribution in [0.4, 0.5) is 15.4 Å². The van der Waals surface area contributed by atoms with Gasteiger partial charge in [0.15, 0.2) is 11.5 Å². The van der Waals surface area contributed by atoms with Gasteiger partial charge in [0, 0.05) is 26.2 Å². The molecule has 2 fully saturated rings. The second-order valence-corrected chi connectivity index (χ2v) is 5.81. The lowest BCUT2D eigenvalue weighted by Gasteiger charge is -2.16. The SMILES string of the molecule is O=C1NCCN1C(=O)NCc1nnc2ccc(N3CCCC3)nn12. The van der Waals surface area contributed by atoms with Crippen molar-refractivity contribution in [2.45, 2.75) is 19.4 Å². The topological polar surface area (TPSA) is 108 Å². The Morgan fingerprint density at radius 1 is 1.21 bits per heavy atom. The van der Waals surface area contributed by atoms with E-state index in [4.69, 9.17) is 0 Å². The number of fused-ring (bicyclic) bond motifs is 1. The Labute approximate surface area is 137 Å². The molecule has 0 spiro atoms. The number of amides is 4. The molecule has 4 rings (SSSR count). The zero-order chi connectivity index (χ0) is 16.5. The maximum Gasteiger partial charge on any atom is 0.325 e. The van der Waals surface area contributed by atoms with Crippen molar-refractivity contribution in [1.82, 2.24) is 35.3 Å². The summed E-state index contributed by atoms with van der Waals surface area (Å²) in [7, 11) is 0. The molecule has 4 heterocycles. The summed E-state index contributed by atoms with van der Waals surface area (Å²) in [5, 5.41) is 18.0. The monoisotopic (exact) mass is 330 g/mol. The molecule has 10 nitrogen and oxygen atoms in total. The van der Waals surface area contributed by atoms with Crippen molar-refractivity contribution in [2.24, 2.45) is 0 Å². The number of nitrogens with one attached hydrogen (secondary N) is 2. The van der Waals surface area contributed by atoms with E-state index in [0.29, 0.717) is 24.6 Å². The van der Waals surface area contributed by atoms with Gasteiger partial charge in [-0.15, -0.1) is 15.3 Å². The second-order valence-electron chi connectivity index (χ2n) is 5.81. The smallest absolute Gasteiger partial charge is 0.325 e. The molecule has 24 heavy (non-hydrogen) atoms. The predicted octanol–water partition coefficient (Wildman–Crippen LogP) is -0.0407. The van der Waals surface area contributed by atoms with Crippen LogP contribution in [-0.2, 0) is 6.54 Å². The lowest BCUT2D eigenvalue weighted by Crippen LogP contribution is -2.41. The summed E-state index contributed by atoms with van der Waals surface area (Å²) in [5.41, 5.74) is 0.626. The average Bonchev–Trinajstić information content (AvgIpc) is 3.33. The summed E-state index contributed by atoms with van der Waals surface area (Å²) in [6.07, 6.45) is 2.34. The molecular formula is C14H18N8O2. The van der Waals surface area contributed by atoms with Crippen LogP contribution in [0.2, 0.25) is 0 Å². The minimum Gasteiger partial charge on any atom is -0.355 e. The average molecular weight is 330 g/mol. The lowest BCUT2D eigenvalue weighted by atomic mass is 10.4. The van der Waals surface area contributed by atoms with Crippen molar-refractivity contribution >= 4 is 23.5 Å². The first-order chi connectivity index (χ1) is 11.7. The minimum atomic E-state index is -0.447. The zero-order valence-corrected chi connectivity index (χ0v) is 13.1. The molecule has 10 heteroatoms. The Morgan fingerprint density at radius 2 is 2.04 bits per heavy atom. The first-order valence-corrected chi connectivity index (χ1v) is 8.02. The highest BCUT2D eigenvalue weighted by Crippen LogP contribution is 2.18. The van der Waals surface area contributed by atoms with E-state index in [1.165, 1.54) is 12.8 Å². The Balaban J connectivity index is 1.50. The molecular weight excluding hydrogens is 312 g/mol. The summed E-state index contributed by atoms with van der Waals surface area (Å²) in [4.78, 5) is 26.9. The van der Waals surface area contributed by atoms with Crippen LogP contribution >= 0.6 is 0 Å². The van der Waals surface area contributed by atoms with E-state index >= 15 is 0 Å². The highest BCUT2D eigenvalue weighted by molar-refractivity contribution is 5.94. The normalized spacial score (nSPS) is 17.6. The molecule has 0 saturated carbocycles. The van der Waals surface area contributed by atoms with Gasteiger partial charge in [-0.3, -0.25) is 0 Å². The van der Waals surface area contributed by atoms with Gasteiger partial charge in [-0.05, 0) is 25.0 Å². The number of carbonyl (C=O) groups is 2. The lowest BCUT2D eigenvalue weighted by molar-refractivity contribution is 0.198. The van der Waals surface area contributed by atoms with Crippen LogP contribution in [0.15, 0.2) is 12.1 Å². The summed E-state index contributed by atoms with van der Waals surface area (Å²) < 4.78 is 1.64. The van der Waals surface area contributed by atoms with Gasteiger partial charge in [0.25, 0.3) is 0 Å². The molecule has 2 aliphatic rings. The predicted molar refractivity (Wildman–Crippen MR) is 84.6 cm³/mol. The fourth-order valence-corrected chi connectivity index (χ4v) is 2.96. The van der Waals surface area contributed by atoms with Gasteiger partial charge in [0.1, 0.15) is 5.82 Å². The molecule has 2 aromatic rings. The second kappa shape index (κ2) is 5.95. The molecule has 0 atom stereocenters. The number of carbonyl (C=O) groups excluding carboxylic acids is 2. The maximum absolute atomic E-state index is 12.0. The van der Waals surface area contributed by atoms with Gasteiger partial charge in [-0.2, -0.15) is 4.52 Å². The standard InChI is InChI=1S/C14H18N8O2/c23-13-15-5-8-21(13)14(24)16-9-12-18-17-10-3-4-11(19-22(10)12)20-6-1-2-7-20/h3-4H,1-2,5-9H2,(H,15,23)(H,16,24).